The van der Waals surface area contributed by atoms with E-state index in [2.05, 4.69) is 4.74 Å². The minimum atomic E-state index is -0.296. The first-order valence-electron chi connectivity index (χ1n) is 8.08. The number of halogens is 2. The van der Waals surface area contributed by atoms with Gasteiger partial charge >= 0.3 is 5.97 Å². The zero-order valence-electron chi connectivity index (χ0n) is 14.4. The van der Waals surface area contributed by atoms with Gasteiger partial charge in [-0.25, -0.2) is 0 Å². The molecule has 2 amide bonds. The van der Waals surface area contributed by atoms with Crippen molar-refractivity contribution in [2.45, 2.75) is 6.42 Å². The van der Waals surface area contributed by atoms with Crippen molar-refractivity contribution < 1.29 is 19.1 Å². The summed E-state index contributed by atoms with van der Waals surface area (Å²) in [5.41, 5.74) is 0.446. The van der Waals surface area contributed by atoms with Gasteiger partial charge < -0.3 is 14.5 Å². The Labute approximate surface area is 166 Å². The van der Waals surface area contributed by atoms with Gasteiger partial charge in [0.15, 0.2) is 0 Å². The number of rotatable bonds is 6. The van der Waals surface area contributed by atoms with Crippen LogP contribution < -0.4 is 0 Å². The summed E-state index contributed by atoms with van der Waals surface area (Å²) in [7, 11) is 1.34. The molecule has 1 saturated heterocycles. The third kappa shape index (κ3) is 6.07. The SMILES string of the molecule is COC(=O)CSCCC(=O)N1CCN(C(=O)c2cc(Cl)cc(Cl)c2)CC1. The molecule has 1 aliphatic heterocycles. The molecule has 142 valence electrons. The lowest BCUT2D eigenvalue weighted by Crippen LogP contribution is -2.50. The summed E-state index contributed by atoms with van der Waals surface area (Å²) >= 11 is 13.3. The monoisotopic (exact) mass is 418 g/mol. The number of methoxy groups -OCH3 is 1. The smallest absolute Gasteiger partial charge is 0.315 e. The molecule has 26 heavy (non-hydrogen) atoms. The van der Waals surface area contributed by atoms with E-state index >= 15 is 0 Å². The molecular weight excluding hydrogens is 399 g/mol. The van der Waals surface area contributed by atoms with Gasteiger partial charge in [-0.05, 0) is 18.2 Å². The molecule has 1 heterocycles. The number of carbonyl (C=O) groups excluding carboxylic acids is 3. The lowest BCUT2D eigenvalue weighted by Gasteiger charge is -2.35. The van der Waals surface area contributed by atoms with Gasteiger partial charge in [0.2, 0.25) is 5.91 Å². The Hall–Kier alpha value is -1.44. The van der Waals surface area contributed by atoms with Crippen molar-refractivity contribution in [3.8, 4) is 0 Å². The average Bonchev–Trinajstić information content (AvgIpc) is 2.63. The second-order valence-corrected chi connectivity index (χ2v) is 7.69. The predicted molar refractivity (Wildman–Crippen MR) is 103 cm³/mol. The van der Waals surface area contributed by atoms with Gasteiger partial charge in [-0.2, -0.15) is 0 Å². The molecule has 0 bridgehead atoms. The van der Waals surface area contributed by atoms with Crippen molar-refractivity contribution in [3.63, 3.8) is 0 Å². The van der Waals surface area contributed by atoms with Gasteiger partial charge in [0.25, 0.3) is 5.91 Å². The second kappa shape index (κ2) is 10.0. The van der Waals surface area contributed by atoms with Crippen LogP contribution in [0, 0.1) is 0 Å². The minimum Gasteiger partial charge on any atom is -0.468 e. The lowest BCUT2D eigenvalue weighted by atomic mass is 10.1. The van der Waals surface area contributed by atoms with Gasteiger partial charge in [-0.3, -0.25) is 14.4 Å². The normalized spacial score (nSPS) is 14.3. The van der Waals surface area contributed by atoms with E-state index in [1.165, 1.54) is 18.9 Å². The highest BCUT2D eigenvalue weighted by Gasteiger charge is 2.25. The zero-order chi connectivity index (χ0) is 19.1. The van der Waals surface area contributed by atoms with Gasteiger partial charge in [-0.1, -0.05) is 23.2 Å². The summed E-state index contributed by atoms with van der Waals surface area (Å²) in [6, 6.07) is 4.76. The number of hydrogen-bond acceptors (Lipinski definition) is 5. The van der Waals surface area contributed by atoms with E-state index in [-0.39, 0.29) is 23.5 Å². The van der Waals surface area contributed by atoms with Crippen LogP contribution in [0.4, 0.5) is 0 Å². The molecule has 1 fully saturated rings. The molecular formula is C17H20Cl2N2O4S. The molecule has 0 aliphatic carbocycles. The van der Waals surface area contributed by atoms with Crippen molar-refractivity contribution in [2.75, 3.05) is 44.8 Å². The quantitative estimate of drug-likeness (QED) is 0.524. The summed E-state index contributed by atoms with van der Waals surface area (Å²) in [5.74, 6) is 0.397. The van der Waals surface area contributed by atoms with Crippen molar-refractivity contribution in [2.24, 2.45) is 0 Å². The second-order valence-electron chi connectivity index (χ2n) is 5.71. The number of amides is 2. The molecule has 0 radical (unpaired) electrons. The summed E-state index contributed by atoms with van der Waals surface area (Å²) in [5, 5.41) is 0.832. The van der Waals surface area contributed by atoms with Crippen molar-refractivity contribution in [1.82, 2.24) is 9.80 Å². The fraction of sp³-hybridized carbons (Fsp3) is 0.471. The summed E-state index contributed by atoms with van der Waals surface area (Å²) < 4.78 is 4.55. The molecule has 2 rings (SSSR count). The Balaban J connectivity index is 1.78. The van der Waals surface area contributed by atoms with Crippen molar-refractivity contribution >= 4 is 52.7 Å². The highest BCUT2D eigenvalue weighted by atomic mass is 35.5. The molecule has 0 saturated carbocycles. The number of piperazine rings is 1. The van der Waals surface area contributed by atoms with Crippen molar-refractivity contribution in [3.05, 3.63) is 33.8 Å². The summed E-state index contributed by atoms with van der Waals surface area (Å²) in [6.45, 7) is 1.90. The Bertz CT molecular complexity index is 658. The number of thioether (sulfide) groups is 1. The zero-order valence-corrected chi connectivity index (χ0v) is 16.7. The first-order chi connectivity index (χ1) is 12.4. The van der Waals surface area contributed by atoms with Crippen molar-refractivity contribution in [1.29, 1.82) is 0 Å². The molecule has 0 atom stereocenters. The summed E-state index contributed by atoms with van der Waals surface area (Å²) in [6.07, 6.45) is 0.361. The molecule has 9 heteroatoms. The molecule has 6 nitrogen and oxygen atoms in total. The Kier molecular flexibility index (Phi) is 8.06. The maximum atomic E-state index is 12.5. The summed E-state index contributed by atoms with van der Waals surface area (Å²) in [4.78, 5) is 39.2. The van der Waals surface area contributed by atoms with Crippen LogP contribution in [0.15, 0.2) is 18.2 Å². The number of hydrogen-bond donors (Lipinski definition) is 0. The topological polar surface area (TPSA) is 66.9 Å². The fourth-order valence-corrected chi connectivity index (χ4v) is 3.82. The molecule has 0 aromatic heterocycles. The lowest BCUT2D eigenvalue weighted by molar-refractivity contribution is -0.137. The van der Waals surface area contributed by atoms with E-state index in [9.17, 15) is 14.4 Å². The third-order valence-electron chi connectivity index (χ3n) is 3.94. The van der Waals surface area contributed by atoms with E-state index in [4.69, 9.17) is 23.2 Å². The number of ether oxygens (including phenoxy) is 1. The number of nitrogens with zero attached hydrogens (tertiary/aromatic N) is 2. The Morgan fingerprint density at radius 2 is 1.62 bits per heavy atom. The predicted octanol–water partition coefficient (Wildman–Crippen LogP) is 2.57. The van der Waals surface area contributed by atoms with Gasteiger partial charge in [0.05, 0.1) is 12.9 Å². The van der Waals surface area contributed by atoms with Crippen LogP contribution in [-0.2, 0) is 14.3 Å². The molecule has 1 aromatic carbocycles. The maximum Gasteiger partial charge on any atom is 0.315 e. The standard InChI is InChI=1S/C17H20Cl2N2O4S/c1-25-16(23)11-26-7-2-15(22)20-3-5-21(6-4-20)17(24)12-8-13(18)10-14(19)9-12/h8-10H,2-7,11H2,1H3. The first-order valence-corrected chi connectivity index (χ1v) is 9.99. The van der Waals surface area contributed by atoms with Gasteiger partial charge in [-0.15, -0.1) is 11.8 Å². The van der Waals surface area contributed by atoms with E-state index in [1.54, 1.807) is 28.0 Å². The van der Waals surface area contributed by atoms with E-state index in [0.29, 0.717) is 54.0 Å². The van der Waals surface area contributed by atoms with Crippen LogP contribution in [-0.4, -0.2) is 72.4 Å². The Morgan fingerprint density at radius 1 is 1.04 bits per heavy atom. The average molecular weight is 419 g/mol. The highest BCUT2D eigenvalue weighted by Crippen LogP contribution is 2.21. The third-order valence-corrected chi connectivity index (χ3v) is 5.31. The minimum absolute atomic E-state index is 0.0280. The fourth-order valence-electron chi connectivity index (χ4n) is 2.55. The van der Waals surface area contributed by atoms with Gasteiger partial charge in [0.1, 0.15) is 0 Å². The molecule has 0 N–H and O–H groups in total. The highest BCUT2D eigenvalue weighted by molar-refractivity contribution is 7.99. The van der Waals surface area contributed by atoms with Gasteiger partial charge in [0, 0.05) is 54.0 Å². The molecule has 1 aromatic rings. The van der Waals surface area contributed by atoms with Crippen LogP contribution in [0.1, 0.15) is 16.8 Å². The number of carbonyl (C=O) groups is 3. The molecule has 0 spiro atoms. The molecule has 1 aliphatic rings. The largest absolute Gasteiger partial charge is 0.468 e. The van der Waals surface area contributed by atoms with E-state index < -0.39 is 0 Å². The number of benzene rings is 1. The van der Waals surface area contributed by atoms with E-state index in [0.717, 1.165) is 0 Å². The maximum absolute atomic E-state index is 12.5. The van der Waals surface area contributed by atoms with Crippen LogP contribution in [0.5, 0.6) is 0 Å². The molecule has 0 unspecified atom stereocenters. The number of esters is 1. The van der Waals surface area contributed by atoms with Crippen LogP contribution in [0.2, 0.25) is 10.0 Å². The first kappa shape index (κ1) is 20.9. The van der Waals surface area contributed by atoms with Crippen LogP contribution in [0.3, 0.4) is 0 Å². The van der Waals surface area contributed by atoms with Crippen LogP contribution in [0.25, 0.3) is 0 Å². The van der Waals surface area contributed by atoms with E-state index in [1.807, 2.05) is 0 Å². The Morgan fingerprint density at radius 3 is 2.19 bits per heavy atom. The van der Waals surface area contributed by atoms with Crippen LogP contribution >= 0.6 is 35.0 Å².